The van der Waals surface area contributed by atoms with Crippen molar-refractivity contribution in [3.63, 3.8) is 0 Å². The SMILES string of the molecule is Cc1nn2cc(CNC(=O)N(Cc3c(C)nn(C)c3C)C3CC3)nc2s1. The zero-order valence-electron chi connectivity index (χ0n) is 15.5. The van der Waals surface area contributed by atoms with Crippen LogP contribution in [0.1, 0.15) is 40.5 Å². The number of hydrogen-bond donors (Lipinski definition) is 1. The highest BCUT2D eigenvalue weighted by atomic mass is 32.1. The van der Waals surface area contributed by atoms with Gasteiger partial charge in [-0.2, -0.15) is 10.2 Å². The molecule has 1 fully saturated rings. The topological polar surface area (TPSA) is 80.4 Å². The Morgan fingerprint density at radius 1 is 1.35 bits per heavy atom. The molecule has 2 amide bonds. The van der Waals surface area contributed by atoms with Crippen molar-refractivity contribution < 1.29 is 4.79 Å². The molecule has 26 heavy (non-hydrogen) atoms. The second-order valence-corrected chi connectivity index (χ2v) is 8.03. The van der Waals surface area contributed by atoms with Gasteiger partial charge in [0.05, 0.1) is 30.7 Å². The minimum atomic E-state index is -0.0457. The van der Waals surface area contributed by atoms with Gasteiger partial charge < -0.3 is 10.2 Å². The molecule has 4 rings (SSSR count). The van der Waals surface area contributed by atoms with Gasteiger partial charge in [-0.25, -0.2) is 14.3 Å². The molecule has 3 aromatic rings. The van der Waals surface area contributed by atoms with E-state index >= 15 is 0 Å². The van der Waals surface area contributed by atoms with E-state index in [1.807, 2.05) is 43.6 Å². The lowest BCUT2D eigenvalue weighted by Crippen LogP contribution is -2.40. The van der Waals surface area contributed by atoms with Gasteiger partial charge in [-0.3, -0.25) is 4.68 Å². The monoisotopic (exact) mass is 373 g/mol. The van der Waals surface area contributed by atoms with Crippen LogP contribution in [0.2, 0.25) is 0 Å². The number of nitrogens with zero attached hydrogens (tertiary/aromatic N) is 6. The molecule has 9 heteroatoms. The third kappa shape index (κ3) is 3.18. The average Bonchev–Trinajstić information content (AvgIpc) is 3.20. The predicted octanol–water partition coefficient (Wildman–Crippen LogP) is 2.32. The Morgan fingerprint density at radius 3 is 2.73 bits per heavy atom. The van der Waals surface area contributed by atoms with E-state index in [0.29, 0.717) is 19.1 Å². The Hall–Kier alpha value is -2.42. The van der Waals surface area contributed by atoms with Crippen LogP contribution in [-0.4, -0.2) is 41.4 Å². The van der Waals surface area contributed by atoms with Crippen LogP contribution in [0.5, 0.6) is 0 Å². The summed E-state index contributed by atoms with van der Waals surface area (Å²) in [7, 11) is 1.94. The molecule has 1 aliphatic rings. The van der Waals surface area contributed by atoms with Gasteiger partial charge in [0.1, 0.15) is 5.01 Å². The number of carbonyl (C=O) groups is 1. The Kier molecular flexibility index (Phi) is 4.18. The van der Waals surface area contributed by atoms with Gasteiger partial charge in [0, 0.05) is 24.3 Å². The van der Waals surface area contributed by atoms with E-state index in [4.69, 9.17) is 0 Å². The molecule has 1 aliphatic carbocycles. The van der Waals surface area contributed by atoms with Crippen LogP contribution in [0.15, 0.2) is 6.20 Å². The van der Waals surface area contributed by atoms with Crippen molar-refractivity contribution in [1.29, 1.82) is 0 Å². The van der Waals surface area contributed by atoms with Crippen LogP contribution in [0, 0.1) is 20.8 Å². The Balaban J connectivity index is 1.44. The molecule has 3 aromatic heterocycles. The van der Waals surface area contributed by atoms with Gasteiger partial charge >= 0.3 is 6.03 Å². The molecular formula is C17H23N7OS. The maximum atomic E-state index is 12.8. The van der Waals surface area contributed by atoms with Crippen LogP contribution in [0.3, 0.4) is 0 Å². The molecule has 138 valence electrons. The molecule has 0 saturated heterocycles. The summed E-state index contributed by atoms with van der Waals surface area (Å²) in [5.74, 6) is 0. The number of aryl methyl sites for hydroxylation is 3. The van der Waals surface area contributed by atoms with E-state index < -0.39 is 0 Å². The van der Waals surface area contributed by atoms with Crippen LogP contribution in [-0.2, 0) is 20.1 Å². The van der Waals surface area contributed by atoms with Crippen molar-refractivity contribution >= 4 is 22.3 Å². The Morgan fingerprint density at radius 2 is 2.12 bits per heavy atom. The fourth-order valence-corrected chi connectivity index (χ4v) is 3.91. The first-order valence-corrected chi connectivity index (χ1v) is 9.59. The molecule has 0 bridgehead atoms. The third-order valence-corrected chi connectivity index (χ3v) is 5.69. The van der Waals surface area contributed by atoms with Gasteiger partial charge in [0.15, 0.2) is 0 Å². The first kappa shape index (κ1) is 17.0. The van der Waals surface area contributed by atoms with E-state index in [2.05, 4.69) is 20.5 Å². The van der Waals surface area contributed by atoms with Gasteiger partial charge in [0.2, 0.25) is 4.96 Å². The quantitative estimate of drug-likeness (QED) is 0.744. The molecule has 1 N–H and O–H groups in total. The first-order valence-electron chi connectivity index (χ1n) is 8.77. The minimum Gasteiger partial charge on any atom is -0.332 e. The number of nitrogens with one attached hydrogen (secondary N) is 1. The second kappa shape index (κ2) is 6.39. The van der Waals surface area contributed by atoms with E-state index in [1.54, 1.807) is 15.9 Å². The number of carbonyl (C=O) groups excluding carboxylic acids is 1. The minimum absolute atomic E-state index is 0.0457. The molecular weight excluding hydrogens is 350 g/mol. The summed E-state index contributed by atoms with van der Waals surface area (Å²) in [4.78, 5) is 20.1. The molecule has 0 atom stereocenters. The van der Waals surface area contributed by atoms with Crippen LogP contribution < -0.4 is 5.32 Å². The summed E-state index contributed by atoms with van der Waals surface area (Å²) in [6.07, 6.45) is 4.00. The highest BCUT2D eigenvalue weighted by Crippen LogP contribution is 2.29. The lowest BCUT2D eigenvalue weighted by Gasteiger charge is -2.23. The van der Waals surface area contributed by atoms with Crippen molar-refractivity contribution in [2.75, 3.05) is 0 Å². The largest absolute Gasteiger partial charge is 0.332 e. The number of amides is 2. The molecule has 0 spiro atoms. The van der Waals surface area contributed by atoms with E-state index in [1.165, 1.54) is 0 Å². The number of aromatic nitrogens is 5. The Labute approximate surface area is 155 Å². The lowest BCUT2D eigenvalue weighted by atomic mass is 10.2. The summed E-state index contributed by atoms with van der Waals surface area (Å²) in [5, 5.41) is 12.8. The number of fused-ring (bicyclic) bond motifs is 1. The highest BCUT2D eigenvalue weighted by Gasteiger charge is 2.33. The maximum absolute atomic E-state index is 12.8. The van der Waals surface area contributed by atoms with Crippen LogP contribution in [0.4, 0.5) is 4.79 Å². The summed E-state index contributed by atoms with van der Waals surface area (Å²) in [5.41, 5.74) is 4.05. The van der Waals surface area contributed by atoms with Crippen molar-refractivity contribution in [2.24, 2.45) is 7.05 Å². The lowest BCUT2D eigenvalue weighted by molar-refractivity contribution is 0.191. The zero-order chi connectivity index (χ0) is 18.4. The maximum Gasteiger partial charge on any atom is 0.318 e. The van der Waals surface area contributed by atoms with Crippen LogP contribution in [0.25, 0.3) is 4.96 Å². The fourth-order valence-electron chi connectivity index (χ4n) is 3.17. The number of hydrogen-bond acceptors (Lipinski definition) is 5. The van der Waals surface area contributed by atoms with Crippen molar-refractivity contribution in [2.45, 2.75) is 52.7 Å². The molecule has 3 heterocycles. The first-order chi connectivity index (χ1) is 12.4. The van der Waals surface area contributed by atoms with E-state index in [0.717, 1.165) is 45.5 Å². The normalized spacial score (nSPS) is 14.2. The summed E-state index contributed by atoms with van der Waals surface area (Å²) in [6, 6.07) is 0.277. The van der Waals surface area contributed by atoms with Crippen LogP contribution >= 0.6 is 11.3 Å². The predicted molar refractivity (Wildman–Crippen MR) is 99.1 cm³/mol. The van der Waals surface area contributed by atoms with Gasteiger partial charge in [-0.05, 0) is 33.6 Å². The summed E-state index contributed by atoms with van der Waals surface area (Å²) in [6.45, 7) is 7.00. The van der Waals surface area contributed by atoms with Crippen molar-refractivity contribution in [3.8, 4) is 0 Å². The smallest absolute Gasteiger partial charge is 0.318 e. The third-order valence-electron chi connectivity index (χ3n) is 4.85. The number of imidazole rings is 1. The fraction of sp³-hybridized carbons (Fsp3) is 0.529. The second-order valence-electron chi connectivity index (χ2n) is 6.87. The van der Waals surface area contributed by atoms with Crippen molar-refractivity contribution in [1.82, 2.24) is 34.6 Å². The summed E-state index contributed by atoms with van der Waals surface area (Å²) < 4.78 is 3.64. The molecule has 8 nitrogen and oxygen atoms in total. The molecule has 0 aromatic carbocycles. The molecule has 1 saturated carbocycles. The standard InChI is InChI=1S/C17H23N7OS/c1-10-15(11(2)22(4)20-10)9-23(14-5-6-14)16(25)18-7-13-8-24-17(19-13)26-12(3)21-24/h8,14H,5-7,9H2,1-4H3,(H,18,25). The van der Waals surface area contributed by atoms with Gasteiger partial charge in [0.25, 0.3) is 0 Å². The molecule has 0 unspecified atom stereocenters. The number of urea groups is 1. The van der Waals surface area contributed by atoms with Gasteiger partial charge in [-0.1, -0.05) is 11.3 Å². The number of rotatable bonds is 5. The van der Waals surface area contributed by atoms with Gasteiger partial charge in [-0.15, -0.1) is 0 Å². The highest BCUT2D eigenvalue weighted by molar-refractivity contribution is 7.16. The van der Waals surface area contributed by atoms with E-state index in [9.17, 15) is 4.79 Å². The summed E-state index contributed by atoms with van der Waals surface area (Å²) >= 11 is 1.54. The Bertz CT molecular complexity index is 934. The van der Waals surface area contributed by atoms with E-state index in [-0.39, 0.29) is 6.03 Å². The molecule has 0 radical (unpaired) electrons. The molecule has 0 aliphatic heterocycles. The average molecular weight is 373 g/mol. The zero-order valence-corrected chi connectivity index (χ0v) is 16.3. The van der Waals surface area contributed by atoms with Crippen molar-refractivity contribution in [3.05, 3.63) is 33.8 Å².